The summed E-state index contributed by atoms with van der Waals surface area (Å²) in [6.07, 6.45) is 1.83. The predicted molar refractivity (Wildman–Crippen MR) is 41.2 cm³/mol. The van der Waals surface area contributed by atoms with Crippen molar-refractivity contribution in [2.24, 2.45) is 0 Å². The third-order valence-electron chi connectivity index (χ3n) is 2.14. The van der Waals surface area contributed by atoms with Gasteiger partial charge in [-0.1, -0.05) is 0 Å². The van der Waals surface area contributed by atoms with Crippen molar-refractivity contribution >= 4 is 0 Å². The van der Waals surface area contributed by atoms with E-state index in [-0.39, 0.29) is 5.60 Å². The van der Waals surface area contributed by atoms with Crippen LogP contribution in [0.1, 0.15) is 19.5 Å². The molecule has 0 saturated carbocycles. The van der Waals surface area contributed by atoms with Crippen molar-refractivity contribution in [3.63, 3.8) is 0 Å². The minimum Gasteiger partial charge on any atom is -0.363 e. The Bertz CT molecular complexity index is 263. The van der Waals surface area contributed by atoms with Crippen LogP contribution in [0.25, 0.3) is 0 Å². The lowest BCUT2D eigenvalue weighted by atomic mass is 10.1. The number of aromatic nitrogens is 2. The molecular weight excluding hydrogens is 140 g/mol. The van der Waals surface area contributed by atoms with Gasteiger partial charge in [0.15, 0.2) is 0 Å². The van der Waals surface area contributed by atoms with E-state index < -0.39 is 0 Å². The maximum absolute atomic E-state index is 5.32. The molecule has 1 unspecified atom stereocenters. The van der Waals surface area contributed by atoms with Gasteiger partial charge in [0.25, 0.3) is 0 Å². The number of epoxide rings is 1. The Balaban J connectivity index is 2.36. The van der Waals surface area contributed by atoms with Crippen LogP contribution in [0.15, 0.2) is 12.3 Å². The van der Waals surface area contributed by atoms with Crippen LogP contribution in [0.4, 0.5) is 0 Å². The number of hydrogen-bond donors (Lipinski definition) is 0. The van der Waals surface area contributed by atoms with E-state index in [4.69, 9.17) is 4.74 Å². The van der Waals surface area contributed by atoms with Gasteiger partial charge in [-0.05, 0) is 19.9 Å². The van der Waals surface area contributed by atoms with Crippen molar-refractivity contribution in [2.75, 3.05) is 6.61 Å². The van der Waals surface area contributed by atoms with Gasteiger partial charge < -0.3 is 4.74 Å². The molecule has 3 nitrogen and oxygen atoms in total. The SMILES string of the molecule is CCn1nccc1C1(C)CO1. The van der Waals surface area contributed by atoms with Crippen molar-refractivity contribution in [3.05, 3.63) is 18.0 Å². The fourth-order valence-electron chi connectivity index (χ4n) is 1.29. The van der Waals surface area contributed by atoms with Crippen LogP contribution in [0.3, 0.4) is 0 Å². The highest BCUT2D eigenvalue weighted by atomic mass is 16.6. The summed E-state index contributed by atoms with van der Waals surface area (Å²) in [6, 6.07) is 2.02. The lowest BCUT2D eigenvalue weighted by Gasteiger charge is -2.06. The second-order valence-electron chi connectivity index (χ2n) is 3.05. The summed E-state index contributed by atoms with van der Waals surface area (Å²) >= 11 is 0. The van der Waals surface area contributed by atoms with Crippen molar-refractivity contribution in [2.45, 2.75) is 26.0 Å². The molecule has 60 valence electrons. The monoisotopic (exact) mass is 152 g/mol. The summed E-state index contributed by atoms with van der Waals surface area (Å²) in [6.45, 7) is 5.93. The van der Waals surface area contributed by atoms with E-state index in [0.717, 1.165) is 13.2 Å². The van der Waals surface area contributed by atoms with E-state index in [2.05, 4.69) is 18.9 Å². The van der Waals surface area contributed by atoms with Gasteiger partial charge >= 0.3 is 0 Å². The largest absolute Gasteiger partial charge is 0.363 e. The Labute approximate surface area is 66.0 Å². The molecule has 0 N–H and O–H groups in total. The summed E-state index contributed by atoms with van der Waals surface area (Å²) in [4.78, 5) is 0. The molecule has 1 aromatic rings. The zero-order valence-corrected chi connectivity index (χ0v) is 6.87. The summed E-state index contributed by atoms with van der Waals surface area (Å²) in [5, 5.41) is 4.18. The van der Waals surface area contributed by atoms with Crippen LogP contribution >= 0.6 is 0 Å². The van der Waals surface area contributed by atoms with Crippen LogP contribution in [0, 0.1) is 0 Å². The third kappa shape index (κ3) is 0.959. The fraction of sp³-hybridized carbons (Fsp3) is 0.625. The van der Waals surface area contributed by atoms with Gasteiger partial charge in [0.1, 0.15) is 5.60 Å². The molecule has 1 saturated heterocycles. The Hall–Kier alpha value is -0.830. The molecular formula is C8H12N2O. The maximum atomic E-state index is 5.32. The summed E-state index contributed by atoms with van der Waals surface area (Å²) in [5.74, 6) is 0. The van der Waals surface area contributed by atoms with E-state index in [1.807, 2.05) is 16.9 Å². The first kappa shape index (κ1) is 6.85. The number of hydrogen-bond acceptors (Lipinski definition) is 2. The number of nitrogens with zero attached hydrogens (tertiary/aromatic N) is 2. The Morgan fingerprint density at radius 2 is 2.55 bits per heavy atom. The summed E-state index contributed by atoms with van der Waals surface area (Å²) in [7, 11) is 0. The molecule has 0 bridgehead atoms. The van der Waals surface area contributed by atoms with Crippen LogP contribution in [-0.4, -0.2) is 16.4 Å². The quantitative estimate of drug-likeness (QED) is 0.595. The van der Waals surface area contributed by atoms with E-state index in [1.165, 1.54) is 5.69 Å². The smallest absolute Gasteiger partial charge is 0.130 e. The van der Waals surface area contributed by atoms with Gasteiger partial charge in [0.05, 0.1) is 12.3 Å². The molecule has 0 amide bonds. The Morgan fingerprint density at radius 3 is 3.09 bits per heavy atom. The van der Waals surface area contributed by atoms with Crippen molar-refractivity contribution < 1.29 is 4.74 Å². The molecule has 2 heterocycles. The summed E-state index contributed by atoms with van der Waals surface area (Å²) < 4.78 is 7.30. The lowest BCUT2D eigenvalue weighted by Crippen LogP contribution is -2.11. The zero-order chi connectivity index (χ0) is 7.90. The first-order valence-electron chi connectivity index (χ1n) is 3.92. The first-order valence-corrected chi connectivity index (χ1v) is 3.92. The van der Waals surface area contributed by atoms with Gasteiger partial charge in [-0.15, -0.1) is 0 Å². The van der Waals surface area contributed by atoms with Gasteiger partial charge in [-0.25, -0.2) is 0 Å². The van der Waals surface area contributed by atoms with Gasteiger partial charge in [0.2, 0.25) is 0 Å². The molecule has 11 heavy (non-hydrogen) atoms. The normalized spacial score (nSPS) is 28.9. The molecule has 2 rings (SSSR count). The molecule has 0 aliphatic carbocycles. The van der Waals surface area contributed by atoms with Gasteiger partial charge in [-0.2, -0.15) is 5.10 Å². The average molecular weight is 152 g/mol. The molecule has 1 aromatic heterocycles. The lowest BCUT2D eigenvalue weighted by molar-refractivity contribution is 0.313. The second kappa shape index (κ2) is 2.08. The van der Waals surface area contributed by atoms with Crippen LogP contribution in [0.2, 0.25) is 0 Å². The van der Waals surface area contributed by atoms with Crippen LogP contribution in [0.5, 0.6) is 0 Å². The number of ether oxygens (including phenoxy) is 1. The molecule has 0 aromatic carbocycles. The van der Waals surface area contributed by atoms with Crippen molar-refractivity contribution in [1.29, 1.82) is 0 Å². The standard InChI is InChI=1S/C8H12N2O/c1-3-10-7(4-5-9-10)8(2)6-11-8/h4-5H,3,6H2,1-2H3. The highest BCUT2D eigenvalue weighted by molar-refractivity contribution is 5.16. The minimum absolute atomic E-state index is 0.0352. The third-order valence-corrected chi connectivity index (χ3v) is 2.14. The summed E-state index contributed by atoms with van der Waals surface area (Å²) in [5.41, 5.74) is 1.16. The van der Waals surface area contributed by atoms with E-state index >= 15 is 0 Å². The maximum Gasteiger partial charge on any atom is 0.130 e. The highest BCUT2D eigenvalue weighted by Gasteiger charge is 2.43. The predicted octanol–water partition coefficient (Wildman–Crippen LogP) is 1.15. The van der Waals surface area contributed by atoms with E-state index in [1.54, 1.807) is 0 Å². The first-order chi connectivity index (χ1) is 5.26. The molecule has 1 atom stereocenters. The average Bonchev–Trinajstić information content (AvgIpc) is 2.61. The Kier molecular flexibility index (Phi) is 1.29. The molecule has 1 aliphatic heterocycles. The number of aryl methyl sites for hydroxylation is 1. The highest BCUT2D eigenvalue weighted by Crippen LogP contribution is 2.37. The molecule has 0 spiro atoms. The molecule has 1 aliphatic rings. The molecule has 0 radical (unpaired) electrons. The molecule has 1 fully saturated rings. The van der Waals surface area contributed by atoms with Crippen molar-refractivity contribution in [1.82, 2.24) is 9.78 Å². The topological polar surface area (TPSA) is 30.4 Å². The van der Waals surface area contributed by atoms with E-state index in [0.29, 0.717) is 0 Å². The fourth-order valence-corrected chi connectivity index (χ4v) is 1.29. The minimum atomic E-state index is -0.0352. The van der Waals surface area contributed by atoms with Gasteiger partial charge in [0, 0.05) is 12.7 Å². The van der Waals surface area contributed by atoms with E-state index in [9.17, 15) is 0 Å². The second-order valence-corrected chi connectivity index (χ2v) is 3.05. The zero-order valence-electron chi connectivity index (χ0n) is 6.87. The number of rotatable bonds is 2. The Morgan fingerprint density at radius 1 is 1.82 bits per heavy atom. The van der Waals surface area contributed by atoms with Crippen molar-refractivity contribution in [3.8, 4) is 0 Å². The molecule has 3 heteroatoms. The van der Waals surface area contributed by atoms with Gasteiger partial charge in [-0.3, -0.25) is 4.68 Å². The van der Waals surface area contributed by atoms with Crippen LogP contribution < -0.4 is 0 Å². The van der Waals surface area contributed by atoms with Crippen LogP contribution in [-0.2, 0) is 16.9 Å².